The number of methoxy groups -OCH3 is 1. The fraction of sp³-hybridized carbons (Fsp3) is 0.200. The van der Waals surface area contributed by atoms with E-state index in [-0.39, 0.29) is 16.9 Å². The molecule has 0 aromatic heterocycles. The number of nitrogens with zero attached hydrogens (tertiary/aromatic N) is 1. The van der Waals surface area contributed by atoms with Gasteiger partial charge in [0.1, 0.15) is 17.4 Å². The summed E-state index contributed by atoms with van der Waals surface area (Å²) in [6, 6.07) is 4.88. The topological polar surface area (TPSA) is 70.3 Å². The third-order valence-electron chi connectivity index (χ3n) is 1.92. The van der Waals surface area contributed by atoms with Gasteiger partial charge in [0.2, 0.25) is 0 Å². The predicted molar refractivity (Wildman–Crippen MR) is 56.8 cm³/mol. The fourth-order valence-electron chi connectivity index (χ4n) is 1.14. The van der Waals surface area contributed by atoms with Gasteiger partial charge in [-0.25, -0.2) is 4.79 Å². The maximum atomic E-state index is 11.3. The van der Waals surface area contributed by atoms with Gasteiger partial charge in [-0.3, -0.25) is 0 Å². The molecule has 0 atom stereocenters. The van der Waals surface area contributed by atoms with Gasteiger partial charge in [-0.1, -0.05) is 22.0 Å². The van der Waals surface area contributed by atoms with Gasteiger partial charge in [0, 0.05) is 10.9 Å². The van der Waals surface area contributed by atoms with Crippen LogP contribution in [0.15, 0.2) is 12.1 Å². The molecule has 1 aromatic carbocycles. The number of carbonyl (C=O) groups excluding carboxylic acids is 1. The molecule has 5 heteroatoms. The molecule has 78 valence electrons. The first-order valence-corrected chi connectivity index (χ1v) is 5.17. The Morgan fingerprint density at radius 1 is 1.67 bits per heavy atom. The predicted octanol–water partition coefficient (Wildman–Crippen LogP) is 1.95. The van der Waals surface area contributed by atoms with E-state index in [0.717, 1.165) is 0 Å². The first-order valence-electron chi connectivity index (χ1n) is 4.05. The summed E-state index contributed by atoms with van der Waals surface area (Å²) in [6.07, 6.45) is 0. The first-order chi connectivity index (χ1) is 7.15. The third-order valence-corrected chi connectivity index (χ3v) is 2.52. The Labute approximate surface area is 95.2 Å². The highest BCUT2D eigenvalue weighted by atomic mass is 79.9. The molecule has 0 aliphatic heterocycles. The molecule has 0 heterocycles. The molecule has 0 spiro atoms. The number of phenolic OH excluding ortho intramolecular Hbond substituents is 1. The van der Waals surface area contributed by atoms with E-state index in [1.54, 1.807) is 6.07 Å². The number of alkyl halides is 1. The minimum atomic E-state index is -0.716. The van der Waals surface area contributed by atoms with Gasteiger partial charge in [0.05, 0.1) is 12.7 Å². The van der Waals surface area contributed by atoms with Crippen molar-refractivity contribution in [1.29, 1.82) is 5.26 Å². The monoisotopic (exact) mass is 269 g/mol. The molecule has 0 aliphatic carbocycles. The maximum absolute atomic E-state index is 11.3. The van der Waals surface area contributed by atoms with Crippen LogP contribution >= 0.6 is 15.9 Å². The fourth-order valence-corrected chi connectivity index (χ4v) is 1.60. The molecule has 1 rings (SSSR count). The van der Waals surface area contributed by atoms with Gasteiger partial charge in [0.15, 0.2) is 0 Å². The summed E-state index contributed by atoms with van der Waals surface area (Å²) in [7, 11) is 1.20. The van der Waals surface area contributed by atoms with E-state index in [1.807, 2.05) is 6.07 Å². The van der Waals surface area contributed by atoms with E-state index in [1.165, 1.54) is 13.2 Å². The van der Waals surface area contributed by atoms with Crippen LogP contribution in [0.4, 0.5) is 0 Å². The van der Waals surface area contributed by atoms with Crippen LogP contribution in [0, 0.1) is 11.3 Å². The van der Waals surface area contributed by atoms with Crippen molar-refractivity contribution in [2.45, 2.75) is 5.33 Å². The Hall–Kier alpha value is -1.54. The average molecular weight is 270 g/mol. The Balaban J connectivity index is 3.44. The standard InChI is InChI=1S/C10H8BrNO3/c1-15-10(14)8-7(5-12)3-2-6(4-11)9(8)13/h2-3,13H,4H2,1H3. The van der Waals surface area contributed by atoms with Crippen LogP contribution in [0.1, 0.15) is 21.5 Å². The highest BCUT2D eigenvalue weighted by Crippen LogP contribution is 2.28. The lowest BCUT2D eigenvalue weighted by Crippen LogP contribution is -2.05. The van der Waals surface area contributed by atoms with Crippen molar-refractivity contribution in [2.24, 2.45) is 0 Å². The van der Waals surface area contributed by atoms with Crippen molar-refractivity contribution >= 4 is 21.9 Å². The quantitative estimate of drug-likeness (QED) is 0.658. The molecule has 0 fully saturated rings. The molecule has 0 saturated carbocycles. The second-order valence-electron chi connectivity index (χ2n) is 2.73. The zero-order chi connectivity index (χ0) is 11.4. The smallest absolute Gasteiger partial charge is 0.343 e. The van der Waals surface area contributed by atoms with Crippen LogP contribution in [-0.4, -0.2) is 18.2 Å². The number of hydrogen-bond donors (Lipinski definition) is 1. The van der Waals surface area contributed by atoms with Crippen LogP contribution in [0.3, 0.4) is 0 Å². The first kappa shape index (κ1) is 11.5. The molecular weight excluding hydrogens is 262 g/mol. The van der Waals surface area contributed by atoms with Crippen molar-refractivity contribution in [2.75, 3.05) is 7.11 Å². The Morgan fingerprint density at radius 2 is 2.33 bits per heavy atom. The number of halogens is 1. The zero-order valence-corrected chi connectivity index (χ0v) is 9.54. The molecule has 0 bridgehead atoms. The Morgan fingerprint density at radius 3 is 2.80 bits per heavy atom. The van der Waals surface area contributed by atoms with Crippen LogP contribution in [0.2, 0.25) is 0 Å². The molecule has 15 heavy (non-hydrogen) atoms. The van der Waals surface area contributed by atoms with Gasteiger partial charge in [-0.15, -0.1) is 0 Å². The van der Waals surface area contributed by atoms with E-state index in [4.69, 9.17) is 5.26 Å². The highest BCUT2D eigenvalue weighted by molar-refractivity contribution is 9.08. The zero-order valence-electron chi connectivity index (χ0n) is 7.95. The van der Waals surface area contributed by atoms with Gasteiger partial charge in [0.25, 0.3) is 0 Å². The minimum absolute atomic E-state index is 0.0862. The summed E-state index contributed by atoms with van der Waals surface area (Å²) in [5, 5.41) is 18.9. The van der Waals surface area contributed by atoms with Gasteiger partial charge in [-0.2, -0.15) is 5.26 Å². The second kappa shape index (κ2) is 4.80. The van der Waals surface area contributed by atoms with E-state index in [2.05, 4.69) is 20.7 Å². The number of aromatic hydroxyl groups is 1. The number of benzene rings is 1. The number of rotatable bonds is 2. The summed E-state index contributed by atoms with van der Waals surface area (Å²) in [5.41, 5.74) is 0.551. The highest BCUT2D eigenvalue weighted by Gasteiger charge is 2.19. The number of carbonyl (C=O) groups is 1. The summed E-state index contributed by atoms with van der Waals surface area (Å²) in [5.74, 6) is -0.926. The van der Waals surface area contributed by atoms with E-state index in [0.29, 0.717) is 10.9 Å². The molecule has 0 unspecified atom stereocenters. The van der Waals surface area contributed by atoms with Crippen LogP contribution in [0.5, 0.6) is 5.75 Å². The van der Waals surface area contributed by atoms with Crippen LogP contribution in [0.25, 0.3) is 0 Å². The second-order valence-corrected chi connectivity index (χ2v) is 3.29. The largest absolute Gasteiger partial charge is 0.507 e. The average Bonchev–Trinajstić information content (AvgIpc) is 2.27. The van der Waals surface area contributed by atoms with Gasteiger partial charge in [-0.05, 0) is 6.07 Å². The molecule has 0 aliphatic rings. The van der Waals surface area contributed by atoms with Crippen LogP contribution in [-0.2, 0) is 10.1 Å². The molecule has 4 nitrogen and oxygen atoms in total. The maximum Gasteiger partial charge on any atom is 0.343 e. The van der Waals surface area contributed by atoms with Crippen molar-refractivity contribution < 1.29 is 14.6 Å². The summed E-state index contributed by atoms with van der Waals surface area (Å²) in [6.45, 7) is 0. The summed E-state index contributed by atoms with van der Waals surface area (Å²) in [4.78, 5) is 11.3. The van der Waals surface area contributed by atoms with Crippen molar-refractivity contribution in [3.63, 3.8) is 0 Å². The Kier molecular flexibility index (Phi) is 3.69. The molecule has 0 radical (unpaired) electrons. The molecule has 0 saturated heterocycles. The SMILES string of the molecule is COC(=O)c1c(C#N)ccc(CBr)c1O. The number of nitriles is 1. The lowest BCUT2D eigenvalue weighted by Gasteiger charge is -2.07. The number of esters is 1. The molecule has 0 amide bonds. The van der Waals surface area contributed by atoms with E-state index < -0.39 is 5.97 Å². The number of ether oxygens (including phenoxy) is 1. The van der Waals surface area contributed by atoms with Crippen molar-refractivity contribution in [3.8, 4) is 11.8 Å². The van der Waals surface area contributed by atoms with Crippen LogP contribution < -0.4 is 0 Å². The summed E-state index contributed by atoms with van der Waals surface area (Å²) < 4.78 is 4.49. The lowest BCUT2D eigenvalue weighted by atomic mass is 10.0. The summed E-state index contributed by atoms with van der Waals surface area (Å²) >= 11 is 3.16. The van der Waals surface area contributed by atoms with E-state index in [9.17, 15) is 9.90 Å². The van der Waals surface area contributed by atoms with Crippen molar-refractivity contribution in [3.05, 3.63) is 28.8 Å². The number of hydrogen-bond acceptors (Lipinski definition) is 4. The van der Waals surface area contributed by atoms with E-state index >= 15 is 0 Å². The molecule has 1 N–H and O–H groups in total. The molecule has 1 aromatic rings. The number of phenols is 1. The minimum Gasteiger partial charge on any atom is -0.507 e. The normalized spacial score (nSPS) is 9.40. The molecular formula is C10H8BrNO3. The third kappa shape index (κ3) is 2.10. The lowest BCUT2D eigenvalue weighted by molar-refractivity contribution is 0.0597. The van der Waals surface area contributed by atoms with Crippen molar-refractivity contribution in [1.82, 2.24) is 0 Å². The Bertz CT molecular complexity index is 437. The van der Waals surface area contributed by atoms with Gasteiger partial charge >= 0.3 is 5.97 Å². The van der Waals surface area contributed by atoms with Gasteiger partial charge < -0.3 is 9.84 Å².